The van der Waals surface area contributed by atoms with Crippen LogP contribution in [0.15, 0.2) is 67.1 Å². The van der Waals surface area contributed by atoms with Gasteiger partial charge in [0.15, 0.2) is 0 Å². The van der Waals surface area contributed by atoms with E-state index in [0.717, 1.165) is 24.8 Å². The van der Waals surface area contributed by atoms with Gasteiger partial charge in [-0.05, 0) is 30.5 Å². The minimum atomic E-state index is -0.773. The second-order valence-corrected chi connectivity index (χ2v) is 6.71. The fourth-order valence-electron chi connectivity index (χ4n) is 3.21. The van der Waals surface area contributed by atoms with Crippen LogP contribution >= 0.6 is 0 Å². The molecule has 150 valence electrons. The molecule has 0 aliphatic rings. The van der Waals surface area contributed by atoms with Gasteiger partial charge in [-0.15, -0.1) is 13.2 Å². The number of rotatable bonds is 6. The van der Waals surface area contributed by atoms with E-state index in [4.69, 9.17) is 4.42 Å². The lowest BCUT2D eigenvalue weighted by molar-refractivity contribution is 0.496. The van der Waals surface area contributed by atoms with Gasteiger partial charge in [0, 0.05) is 11.5 Å². The standard InChI is InChI=1S/C21H21N3O5/c1-5-9-22-19(26)23(10-6-2)21(28)24(20(22)27)12-15-11-17(25)29-18-14(4)13(3)7-8-16(15)18/h5-8,11H,1-2,9-10,12H2,3-4H3. The number of nitrogens with zero attached hydrogens (tertiary/aromatic N) is 3. The Hall–Kier alpha value is -3.68. The maximum atomic E-state index is 12.8. The van der Waals surface area contributed by atoms with Crippen molar-refractivity contribution in [1.29, 1.82) is 0 Å². The molecule has 0 aliphatic heterocycles. The molecule has 0 saturated carbocycles. The Bertz CT molecular complexity index is 1320. The van der Waals surface area contributed by atoms with Crippen molar-refractivity contribution in [2.75, 3.05) is 0 Å². The van der Waals surface area contributed by atoms with Crippen LogP contribution in [-0.2, 0) is 19.6 Å². The SMILES string of the molecule is C=CCn1c(=O)n(CC=C)c(=O)n(Cc2cc(=O)oc3c(C)c(C)ccc23)c1=O. The summed E-state index contributed by atoms with van der Waals surface area (Å²) in [7, 11) is 0. The fourth-order valence-corrected chi connectivity index (χ4v) is 3.21. The van der Waals surface area contributed by atoms with Gasteiger partial charge in [0.1, 0.15) is 5.58 Å². The molecule has 3 aromatic rings. The van der Waals surface area contributed by atoms with E-state index in [1.54, 1.807) is 6.07 Å². The molecule has 3 rings (SSSR count). The van der Waals surface area contributed by atoms with Gasteiger partial charge in [-0.1, -0.05) is 24.3 Å². The Kier molecular flexibility index (Phi) is 5.36. The number of hydrogen-bond donors (Lipinski definition) is 0. The van der Waals surface area contributed by atoms with Crippen LogP contribution in [-0.4, -0.2) is 13.7 Å². The molecule has 2 aromatic heterocycles. The molecular weight excluding hydrogens is 374 g/mol. The van der Waals surface area contributed by atoms with Gasteiger partial charge in [-0.25, -0.2) is 32.9 Å². The van der Waals surface area contributed by atoms with Gasteiger partial charge in [0.25, 0.3) is 0 Å². The first-order valence-electron chi connectivity index (χ1n) is 8.99. The topological polar surface area (TPSA) is 96.2 Å². The summed E-state index contributed by atoms with van der Waals surface area (Å²) in [5.41, 5.74) is -0.257. The van der Waals surface area contributed by atoms with E-state index in [1.807, 2.05) is 19.9 Å². The lowest BCUT2D eigenvalue weighted by Gasteiger charge is -2.13. The van der Waals surface area contributed by atoms with Gasteiger partial charge < -0.3 is 4.42 Å². The van der Waals surface area contributed by atoms with E-state index < -0.39 is 22.7 Å². The Morgan fingerprint density at radius 3 is 2.00 bits per heavy atom. The Balaban J connectivity index is 2.33. The van der Waals surface area contributed by atoms with E-state index in [1.165, 1.54) is 18.2 Å². The monoisotopic (exact) mass is 395 g/mol. The highest BCUT2D eigenvalue weighted by Gasteiger charge is 2.17. The van der Waals surface area contributed by atoms with E-state index in [-0.39, 0.29) is 19.6 Å². The summed E-state index contributed by atoms with van der Waals surface area (Å²) in [5.74, 6) is 0. The van der Waals surface area contributed by atoms with Crippen molar-refractivity contribution in [3.05, 3.63) is 102 Å². The summed E-state index contributed by atoms with van der Waals surface area (Å²) >= 11 is 0. The first-order valence-corrected chi connectivity index (χ1v) is 8.99. The largest absolute Gasteiger partial charge is 0.422 e. The molecule has 0 N–H and O–H groups in total. The van der Waals surface area contributed by atoms with Gasteiger partial charge in [-0.3, -0.25) is 0 Å². The molecule has 29 heavy (non-hydrogen) atoms. The van der Waals surface area contributed by atoms with Crippen molar-refractivity contribution in [3.8, 4) is 0 Å². The second-order valence-electron chi connectivity index (χ2n) is 6.71. The molecule has 0 atom stereocenters. The van der Waals surface area contributed by atoms with Crippen molar-refractivity contribution >= 4 is 11.0 Å². The smallest absolute Gasteiger partial charge is 0.336 e. The first-order chi connectivity index (χ1) is 13.8. The van der Waals surface area contributed by atoms with Gasteiger partial charge in [-0.2, -0.15) is 0 Å². The molecule has 8 nitrogen and oxygen atoms in total. The predicted octanol–water partition coefficient (Wildman–Crippen LogP) is 1.32. The van der Waals surface area contributed by atoms with Crippen molar-refractivity contribution in [2.24, 2.45) is 0 Å². The van der Waals surface area contributed by atoms with Crippen LogP contribution in [0.3, 0.4) is 0 Å². The molecule has 8 heteroatoms. The van der Waals surface area contributed by atoms with E-state index in [0.29, 0.717) is 16.5 Å². The van der Waals surface area contributed by atoms with Crippen LogP contribution in [0, 0.1) is 13.8 Å². The lowest BCUT2D eigenvalue weighted by Crippen LogP contribution is -2.54. The Morgan fingerprint density at radius 1 is 0.897 bits per heavy atom. The normalized spacial score (nSPS) is 11.0. The van der Waals surface area contributed by atoms with Crippen LogP contribution < -0.4 is 22.7 Å². The number of aryl methyl sites for hydroxylation is 2. The van der Waals surface area contributed by atoms with Gasteiger partial charge in [0.05, 0.1) is 19.6 Å². The number of allylic oxidation sites excluding steroid dienone is 2. The molecule has 0 radical (unpaired) electrons. The number of aromatic nitrogens is 3. The first kappa shape index (κ1) is 20.1. The quantitative estimate of drug-likeness (QED) is 0.463. The highest BCUT2D eigenvalue weighted by molar-refractivity contribution is 5.83. The fraction of sp³-hybridized carbons (Fsp3) is 0.238. The zero-order chi connectivity index (χ0) is 21.3. The van der Waals surface area contributed by atoms with Crippen molar-refractivity contribution in [1.82, 2.24) is 13.7 Å². The van der Waals surface area contributed by atoms with Crippen molar-refractivity contribution in [2.45, 2.75) is 33.5 Å². The molecule has 0 amide bonds. The molecule has 2 heterocycles. The maximum absolute atomic E-state index is 12.8. The van der Waals surface area contributed by atoms with Crippen LogP contribution in [0.25, 0.3) is 11.0 Å². The minimum absolute atomic E-state index is 0.0505. The summed E-state index contributed by atoms with van der Waals surface area (Å²) < 4.78 is 8.11. The summed E-state index contributed by atoms with van der Waals surface area (Å²) in [6.07, 6.45) is 2.79. The van der Waals surface area contributed by atoms with Crippen LogP contribution in [0.2, 0.25) is 0 Å². The molecule has 0 bridgehead atoms. The molecule has 0 saturated heterocycles. The lowest BCUT2D eigenvalue weighted by atomic mass is 10.0. The summed E-state index contributed by atoms with van der Waals surface area (Å²) in [6.45, 7) is 10.5. The van der Waals surface area contributed by atoms with Crippen LogP contribution in [0.5, 0.6) is 0 Å². The van der Waals surface area contributed by atoms with Crippen LogP contribution in [0.4, 0.5) is 0 Å². The average Bonchev–Trinajstić information content (AvgIpc) is 2.69. The van der Waals surface area contributed by atoms with Gasteiger partial charge in [0.2, 0.25) is 0 Å². The molecule has 0 spiro atoms. The zero-order valence-electron chi connectivity index (χ0n) is 16.3. The van der Waals surface area contributed by atoms with Crippen LogP contribution in [0.1, 0.15) is 16.7 Å². The summed E-state index contributed by atoms with van der Waals surface area (Å²) in [4.78, 5) is 50.3. The third kappa shape index (κ3) is 3.44. The Labute approximate surface area is 165 Å². The van der Waals surface area contributed by atoms with E-state index in [2.05, 4.69) is 13.2 Å². The third-order valence-corrected chi connectivity index (χ3v) is 4.85. The third-order valence-electron chi connectivity index (χ3n) is 4.85. The minimum Gasteiger partial charge on any atom is -0.422 e. The average molecular weight is 395 g/mol. The van der Waals surface area contributed by atoms with E-state index >= 15 is 0 Å². The number of benzene rings is 1. The number of fused-ring (bicyclic) bond motifs is 1. The molecule has 1 aromatic carbocycles. The molecule has 0 unspecified atom stereocenters. The molecule has 0 aliphatic carbocycles. The second kappa shape index (κ2) is 7.75. The van der Waals surface area contributed by atoms with Crippen molar-refractivity contribution < 1.29 is 4.42 Å². The Morgan fingerprint density at radius 2 is 1.45 bits per heavy atom. The zero-order valence-corrected chi connectivity index (χ0v) is 16.3. The molecule has 0 fully saturated rings. The summed E-state index contributed by atoms with van der Waals surface area (Å²) in [6, 6.07) is 4.91. The maximum Gasteiger partial charge on any atom is 0.336 e. The highest BCUT2D eigenvalue weighted by Crippen LogP contribution is 2.23. The van der Waals surface area contributed by atoms with Gasteiger partial charge >= 0.3 is 22.7 Å². The molecular formula is C21H21N3O5. The highest BCUT2D eigenvalue weighted by atomic mass is 16.4. The summed E-state index contributed by atoms with van der Waals surface area (Å²) in [5, 5.41) is 0.621. The van der Waals surface area contributed by atoms with E-state index in [9.17, 15) is 19.2 Å². The number of hydrogen-bond acceptors (Lipinski definition) is 5. The van der Waals surface area contributed by atoms with Crippen molar-refractivity contribution in [3.63, 3.8) is 0 Å². The predicted molar refractivity (Wildman–Crippen MR) is 111 cm³/mol.